The van der Waals surface area contributed by atoms with E-state index in [1.165, 1.54) is 38.5 Å². The number of carbonyl (C=O) groups excluding carboxylic acids is 1. The Hall–Kier alpha value is -2.43. The maximum atomic E-state index is 12.1. The third-order valence-electron chi connectivity index (χ3n) is 7.20. The van der Waals surface area contributed by atoms with Crippen LogP contribution in [0, 0.1) is 0 Å². The molecule has 0 aromatic heterocycles. The van der Waals surface area contributed by atoms with E-state index in [0.29, 0.717) is 13.0 Å². The van der Waals surface area contributed by atoms with E-state index in [1.807, 2.05) is 0 Å². The van der Waals surface area contributed by atoms with Crippen molar-refractivity contribution in [1.29, 1.82) is 0 Å². The number of aliphatic hydroxyl groups excluding tert-OH is 1. The summed E-state index contributed by atoms with van der Waals surface area (Å²) in [6.45, 7) is 5.07. The molecular weight excluding hydrogens is 556 g/mol. The van der Waals surface area contributed by atoms with Gasteiger partial charge in [-0.05, 0) is 89.9 Å². The van der Waals surface area contributed by atoms with Gasteiger partial charge in [0.1, 0.15) is 6.10 Å². The average molecular weight is 625 g/mol. The molecule has 4 nitrogen and oxygen atoms in total. The summed E-state index contributed by atoms with van der Waals surface area (Å²) in [5, 5.41) is 9.55. The monoisotopic (exact) mass is 625 g/mol. The van der Waals surface area contributed by atoms with E-state index in [1.54, 1.807) is 0 Å². The minimum Gasteiger partial charge on any atom is -0.457 e. The zero-order valence-electron chi connectivity index (χ0n) is 29.1. The summed E-state index contributed by atoms with van der Waals surface area (Å²) in [4.78, 5) is 12.1. The number of rotatable bonds is 32. The van der Waals surface area contributed by atoms with Crippen molar-refractivity contribution in [2.24, 2.45) is 0 Å². The molecule has 256 valence electrons. The van der Waals surface area contributed by atoms with Crippen molar-refractivity contribution in [3.05, 3.63) is 85.1 Å². The number of carbonyl (C=O) groups is 1. The smallest absolute Gasteiger partial charge is 0.306 e. The Morgan fingerprint density at radius 3 is 1.51 bits per heavy atom. The van der Waals surface area contributed by atoms with Crippen LogP contribution in [0.1, 0.15) is 142 Å². The molecule has 0 aliphatic carbocycles. The zero-order chi connectivity index (χ0) is 32.7. The number of allylic oxidation sites excluding steroid dienone is 14. The maximum Gasteiger partial charge on any atom is 0.306 e. The predicted molar refractivity (Wildman–Crippen MR) is 195 cm³/mol. The van der Waals surface area contributed by atoms with Crippen LogP contribution in [0.4, 0.5) is 0 Å². The summed E-state index contributed by atoms with van der Waals surface area (Å²) >= 11 is 0. The van der Waals surface area contributed by atoms with Crippen molar-refractivity contribution >= 4 is 5.97 Å². The molecule has 0 saturated carbocycles. The lowest BCUT2D eigenvalue weighted by molar-refractivity contribution is -0.154. The molecule has 0 radical (unpaired) electrons. The molecule has 1 unspecified atom stereocenters. The largest absolute Gasteiger partial charge is 0.457 e. The lowest BCUT2D eigenvalue weighted by Crippen LogP contribution is -2.27. The first kappa shape index (κ1) is 42.6. The van der Waals surface area contributed by atoms with Gasteiger partial charge < -0.3 is 14.6 Å². The van der Waals surface area contributed by atoms with Gasteiger partial charge in [-0.15, -0.1) is 0 Å². The van der Waals surface area contributed by atoms with Crippen molar-refractivity contribution in [1.82, 2.24) is 0 Å². The van der Waals surface area contributed by atoms with E-state index < -0.39 is 6.10 Å². The van der Waals surface area contributed by atoms with Gasteiger partial charge in [0.05, 0.1) is 13.2 Å². The van der Waals surface area contributed by atoms with E-state index in [2.05, 4.69) is 98.9 Å². The Morgan fingerprint density at radius 1 is 0.556 bits per heavy atom. The molecule has 45 heavy (non-hydrogen) atoms. The molecule has 0 aliphatic rings. The summed E-state index contributed by atoms with van der Waals surface area (Å²) in [7, 11) is 0. The molecular formula is C41H68O4. The summed E-state index contributed by atoms with van der Waals surface area (Å²) in [6, 6.07) is 0. The van der Waals surface area contributed by atoms with Gasteiger partial charge in [-0.25, -0.2) is 0 Å². The third kappa shape index (κ3) is 35.9. The summed E-state index contributed by atoms with van der Waals surface area (Å²) in [5.41, 5.74) is 0. The van der Waals surface area contributed by atoms with Crippen molar-refractivity contribution in [3.8, 4) is 0 Å². The maximum absolute atomic E-state index is 12.1. The third-order valence-corrected chi connectivity index (χ3v) is 7.20. The molecule has 0 saturated heterocycles. The number of esters is 1. The summed E-state index contributed by atoms with van der Waals surface area (Å²) < 4.78 is 11.1. The standard InChI is InChI=1S/C41H68O4/c1-3-5-7-9-11-13-15-17-19-20-21-23-25-27-29-31-33-35-37-44-39-40(38-42)45-41(43)36-34-32-30-28-26-24-22-18-16-14-12-10-8-6-4-2/h5,7,11-14,17-19,21-23,27,29,40,42H,3-4,6,8-10,15-16,20,24-26,28,30-39H2,1-2H3/b7-5-,13-11-,14-12-,19-17-,22-18-,23-21-,29-27-. The fourth-order valence-corrected chi connectivity index (χ4v) is 4.50. The molecule has 0 aromatic rings. The van der Waals surface area contributed by atoms with E-state index >= 15 is 0 Å². The minimum atomic E-state index is -0.568. The highest BCUT2D eigenvalue weighted by Crippen LogP contribution is 2.10. The summed E-state index contributed by atoms with van der Waals surface area (Å²) in [5.74, 6) is -0.235. The van der Waals surface area contributed by atoms with Gasteiger partial charge in [-0.3, -0.25) is 4.79 Å². The number of unbranched alkanes of at least 4 members (excludes halogenated alkanes) is 10. The van der Waals surface area contributed by atoms with Gasteiger partial charge in [-0.2, -0.15) is 0 Å². The molecule has 0 fully saturated rings. The molecule has 0 aromatic carbocycles. The van der Waals surface area contributed by atoms with Crippen LogP contribution in [0.2, 0.25) is 0 Å². The fourth-order valence-electron chi connectivity index (χ4n) is 4.50. The van der Waals surface area contributed by atoms with Gasteiger partial charge in [0.15, 0.2) is 0 Å². The lowest BCUT2D eigenvalue weighted by atomic mass is 10.1. The number of hydrogen-bond donors (Lipinski definition) is 1. The van der Waals surface area contributed by atoms with Crippen LogP contribution in [0.3, 0.4) is 0 Å². The molecule has 0 spiro atoms. The highest BCUT2D eigenvalue weighted by molar-refractivity contribution is 5.69. The van der Waals surface area contributed by atoms with E-state index in [0.717, 1.165) is 83.5 Å². The van der Waals surface area contributed by atoms with Crippen LogP contribution >= 0.6 is 0 Å². The molecule has 1 N–H and O–H groups in total. The molecule has 0 aliphatic heterocycles. The molecule has 0 rings (SSSR count). The Balaban J connectivity index is 3.61. The normalized spacial score (nSPS) is 13.4. The fraction of sp³-hybridized carbons (Fsp3) is 0.634. The Bertz CT molecular complexity index is 830. The quantitative estimate of drug-likeness (QED) is 0.0459. The molecule has 0 bridgehead atoms. The van der Waals surface area contributed by atoms with Crippen LogP contribution < -0.4 is 0 Å². The van der Waals surface area contributed by atoms with Crippen LogP contribution in [-0.2, 0) is 14.3 Å². The van der Waals surface area contributed by atoms with Gasteiger partial charge >= 0.3 is 5.97 Å². The highest BCUT2D eigenvalue weighted by atomic mass is 16.6. The average Bonchev–Trinajstić information content (AvgIpc) is 3.05. The predicted octanol–water partition coefficient (Wildman–Crippen LogP) is 11.6. The van der Waals surface area contributed by atoms with Crippen LogP contribution in [0.15, 0.2) is 85.1 Å². The van der Waals surface area contributed by atoms with E-state index in [9.17, 15) is 9.90 Å². The molecule has 1 atom stereocenters. The summed E-state index contributed by atoms with van der Waals surface area (Å²) in [6.07, 6.45) is 51.9. The number of ether oxygens (including phenoxy) is 2. The van der Waals surface area contributed by atoms with Crippen LogP contribution in [-0.4, -0.2) is 37.0 Å². The van der Waals surface area contributed by atoms with E-state index in [-0.39, 0.29) is 19.2 Å². The lowest BCUT2D eigenvalue weighted by Gasteiger charge is -2.15. The van der Waals surface area contributed by atoms with Crippen molar-refractivity contribution in [3.63, 3.8) is 0 Å². The van der Waals surface area contributed by atoms with Gasteiger partial charge in [-0.1, -0.05) is 131 Å². The van der Waals surface area contributed by atoms with Crippen molar-refractivity contribution in [2.45, 2.75) is 148 Å². The van der Waals surface area contributed by atoms with Gasteiger partial charge in [0.25, 0.3) is 0 Å². The van der Waals surface area contributed by atoms with Gasteiger partial charge in [0, 0.05) is 13.0 Å². The minimum absolute atomic E-state index is 0.200. The first-order chi connectivity index (χ1) is 22.2. The zero-order valence-corrected chi connectivity index (χ0v) is 29.1. The van der Waals surface area contributed by atoms with Crippen molar-refractivity contribution in [2.75, 3.05) is 19.8 Å². The Labute approximate surface area is 278 Å². The van der Waals surface area contributed by atoms with Crippen LogP contribution in [0.25, 0.3) is 0 Å². The van der Waals surface area contributed by atoms with Crippen molar-refractivity contribution < 1.29 is 19.4 Å². The number of hydrogen-bond acceptors (Lipinski definition) is 4. The Kier molecular flexibility index (Phi) is 35.7. The first-order valence-corrected chi connectivity index (χ1v) is 18.2. The van der Waals surface area contributed by atoms with E-state index in [4.69, 9.17) is 9.47 Å². The second-order valence-electron chi connectivity index (χ2n) is 11.6. The number of aliphatic hydroxyl groups is 1. The molecule has 4 heteroatoms. The topological polar surface area (TPSA) is 55.8 Å². The molecule has 0 heterocycles. The second kappa shape index (κ2) is 37.8. The highest BCUT2D eigenvalue weighted by Gasteiger charge is 2.13. The SMILES string of the molecule is CC/C=C\C/C=C\C/C=C\C/C=C\C/C=C\CCCCOCC(CO)OC(=O)CCCCCCC/C=C\C/C=C\CCCCC. The van der Waals surface area contributed by atoms with Crippen LogP contribution in [0.5, 0.6) is 0 Å². The van der Waals surface area contributed by atoms with Gasteiger partial charge in [0.2, 0.25) is 0 Å². The molecule has 0 amide bonds. The first-order valence-electron chi connectivity index (χ1n) is 18.2. The second-order valence-corrected chi connectivity index (χ2v) is 11.6. The Morgan fingerprint density at radius 2 is 1.00 bits per heavy atom.